The zero-order valence-corrected chi connectivity index (χ0v) is 16.1. The molecular weight excluding hydrogens is 353 g/mol. The second-order valence-corrected chi connectivity index (χ2v) is 7.70. The summed E-state index contributed by atoms with van der Waals surface area (Å²) in [4.78, 5) is 27.2. The number of aromatic nitrogens is 3. The third kappa shape index (κ3) is 3.85. The summed E-state index contributed by atoms with van der Waals surface area (Å²) < 4.78 is 13.2. The summed E-state index contributed by atoms with van der Waals surface area (Å²) >= 11 is 1.64. The van der Waals surface area contributed by atoms with E-state index in [9.17, 15) is 9.18 Å². The van der Waals surface area contributed by atoms with Crippen LogP contribution in [0.3, 0.4) is 0 Å². The van der Waals surface area contributed by atoms with Crippen molar-refractivity contribution in [2.24, 2.45) is 0 Å². The predicted molar refractivity (Wildman–Crippen MR) is 101 cm³/mol. The van der Waals surface area contributed by atoms with Gasteiger partial charge in [0, 0.05) is 24.9 Å². The van der Waals surface area contributed by atoms with Gasteiger partial charge in [0.1, 0.15) is 11.6 Å². The lowest BCUT2D eigenvalue weighted by molar-refractivity contribution is 0.193. The number of carbonyl (C=O) groups excluding carboxylic acids is 1. The Morgan fingerprint density at radius 3 is 2.85 bits per heavy atom. The number of thiazole rings is 1. The van der Waals surface area contributed by atoms with Crippen molar-refractivity contribution in [2.75, 3.05) is 13.6 Å². The van der Waals surface area contributed by atoms with Crippen LogP contribution in [-0.4, -0.2) is 39.5 Å². The maximum absolute atomic E-state index is 13.2. The largest absolute Gasteiger partial charge is 0.342 e. The van der Waals surface area contributed by atoms with Crippen molar-refractivity contribution in [1.82, 2.24) is 25.2 Å². The van der Waals surface area contributed by atoms with Crippen LogP contribution in [0.15, 0.2) is 18.2 Å². The Balaban J connectivity index is 1.56. The van der Waals surface area contributed by atoms with Crippen LogP contribution in [0, 0.1) is 19.7 Å². The summed E-state index contributed by atoms with van der Waals surface area (Å²) in [5, 5.41) is 3.89. The minimum atomic E-state index is -0.302. The van der Waals surface area contributed by atoms with Gasteiger partial charge in [-0.2, -0.15) is 0 Å². The zero-order valence-electron chi connectivity index (χ0n) is 15.3. The van der Waals surface area contributed by atoms with Gasteiger partial charge in [0.15, 0.2) is 0 Å². The molecule has 0 bridgehead atoms. The summed E-state index contributed by atoms with van der Waals surface area (Å²) in [6.45, 7) is 6.39. The Morgan fingerprint density at radius 2 is 2.15 bits per heavy atom. The van der Waals surface area contributed by atoms with Gasteiger partial charge >= 0.3 is 6.03 Å². The third-order valence-corrected chi connectivity index (χ3v) is 5.27. The van der Waals surface area contributed by atoms with Gasteiger partial charge in [-0.15, -0.1) is 11.3 Å². The van der Waals surface area contributed by atoms with E-state index < -0.39 is 0 Å². The fourth-order valence-electron chi connectivity index (χ4n) is 2.86. The van der Waals surface area contributed by atoms with E-state index in [0.29, 0.717) is 29.8 Å². The van der Waals surface area contributed by atoms with E-state index in [1.165, 1.54) is 12.1 Å². The van der Waals surface area contributed by atoms with Crippen molar-refractivity contribution in [2.45, 2.75) is 33.2 Å². The summed E-state index contributed by atoms with van der Waals surface area (Å²) in [7, 11) is 1.76. The SMILES string of the molecule is Cc1nc([C@@H](C)N(C)C(=O)NCCc2nc3ccc(F)cc3[nH]2)c(C)s1. The van der Waals surface area contributed by atoms with Gasteiger partial charge in [-0.1, -0.05) is 0 Å². The number of imidazole rings is 1. The first kappa shape index (κ1) is 18.3. The fraction of sp³-hybridized carbons (Fsp3) is 0.389. The molecule has 0 saturated carbocycles. The van der Waals surface area contributed by atoms with E-state index in [2.05, 4.69) is 20.3 Å². The van der Waals surface area contributed by atoms with Gasteiger partial charge in [0.2, 0.25) is 0 Å². The molecule has 3 aromatic rings. The highest BCUT2D eigenvalue weighted by Gasteiger charge is 2.21. The summed E-state index contributed by atoms with van der Waals surface area (Å²) in [6, 6.07) is 4.17. The van der Waals surface area contributed by atoms with Crippen LogP contribution in [0.1, 0.15) is 34.4 Å². The number of nitrogens with zero attached hydrogens (tertiary/aromatic N) is 3. The number of urea groups is 1. The summed E-state index contributed by atoms with van der Waals surface area (Å²) in [6.07, 6.45) is 0.541. The van der Waals surface area contributed by atoms with Crippen molar-refractivity contribution in [3.8, 4) is 0 Å². The molecule has 6 nitrogen and oxygen atoms in total. The summed E-state index contributed by atoms with van der Waals surface area (Å²) in [5.74, 6) is 0.414. The molecule has 2 amide bonds. The molecule has 2 heterocycles. The van der Waals surface area contributed by atoms with Gasteiger partial charge in [0.05, 0.1) is 27.8 Å². The van der Waals surface area contributed by atoms with Gasteiger partial charge in [-0.25, -0.2) is 19.2 Å². The normalized spacial score (nSPS) is 12.3. The van der Waals surface area contributed by atoms with Gasteiger partial charge in [-0.3, -0.25) is 0 Å². The molecule has 0 aliphatic rings. The van der Waals surface area contributed by atoms with Crippen LogP contribution in [0.25, 0.3) is 11.0 Å². The van der Waals surface area contributed by atoms with Crippen molar-refractivity contribution in [3.63, 3.8) is 0 Å². The first-order valence-electron chi connectivity index (χ1n) is 8.44. The predicted octanol–water partition coefficient (Wildman–Crippen LogP) is 3.72. The van der Waals surface area contributed by atoms with Crippen molar-refractivity contribution in [3.05, 3.63) is 45.4 Å². The quantitative estimate of drug-likeness (QED) is 0.714. The molecule has 138 valence electrons. The van der Waals surface area contributed by atoms with E-state index in [4.69, 9.17) is 0 Å². The number of aryl methyl sites for hydroxylation is 2. The Morgan fingerprint density at radius 1 is 1.38 bits per heavy atom. The van der Waals surface area contributed by atoms with E-state index in [1.54, 1.807) is 29.4 Å². The van der Waals surface area contributed by atoms with Crippen molar-refractivity contribution in [1.29, 1.82) is 0 Å². The maximum atomic E-state index is 13.2. The molecule has 8 heteroatoms. The number of hydrogen-bond acceptors (Lipinski definition) is 4. The molecule has 0 unspecified atom stereocenters. The topological polar surface area (TPSA) is 73.9 Å². The number of aromatic amines is 1. The maximum Gasteiger partial charge on any atom is 0.317 e. The van der Waals surface area contributed by atoms with Gasteiger partial charge in [-0.05, 0) is 39.0 Å². The first-order valence-corrected chi connectivity index (χ1v) is 9.25. The van der Waals surface area contributed by atoms with Crippen LogP contribution in [0.4, 0.5) is 9.18 Å². The number of carbonyl (C=O) groups is 1. The average Bonchev–Trinajstić information content (AvgIpc) is 3.14. The van der Waals surface area contributed by atoms with E-state index in [-0.39, 0.29) is 17.9 Å². The van der Waals surface area contributed by atoms with Gasteiger partial charge < -0.3 is 15.2 Å². The highest BCUT2D eigenvalue weighted by Crippen LogP contribution is 2.25. The van der Waals surface area contributed by atoms with Crippen LogP contribution >= 0.6 is 11.3 Å². The third-order valence-electron chi connectivity index (χ3n) is 4.37. The van der Waals surface area contributed by atoms with Crippen LogP contribution in [-0.2, 0) is 6.42 Å². The van der Waals surface area contributed by atoms with Crippen LogP contribution in [0.5, 0.6) is 0 Å². The van der Waals surface area contributed by atoms with Crippen molar-refractivity contribution < 1.29 is 9.18 Å². The Labute approximate surface area is 155 Å². The molecule has 0 radical (unpaired) electrons. The second kappa shape index (κ2) is 7.41. The highest BCUT2D eigenvalue weighted by atomic mass is 32.1. The number of halogens is 1. The number of amides is 2. The molecule has 0 fully saturated rings. The minimum absolute atomic E-state index is 0.103. The highest BCUT2D eigenvalue weighted by molar-refractivity contribution is 7.11. The zero-order chi connectivity index (χ0) is 18.8. The number of rotatable bonds is 5. The van der Waals surface area contributed by atoms with Gasteiger partial charge in [0.25, 0.3) is 0 Å². The minimum Gasteiger partial charge on any atom is -0.342 e. The number of hydrogen-bond donors (Lipinski definition) is 2. The van der Waals surface area contributed by atoms with E-state index in [0.717, 1.165) is 15.6 Å². The number of benzene rings is 1. The lowest BCUT2D eigenvalue weighted by Gasteiger charge is -2.24. The molecule has 1 aromatic carbocycles. The fourth-order valence-corrected chi connectivity index (χ4v) is 3.77. The van der Waals surface area contributed by atoms with Crippen LogP contribution in [0.2, 0.25) is 0 Å². The monoisotopic (exact) mass is 375 g/mol. The number of nitrogens with one attached hydrogen (secondary N) is 2. The molecule has 0 aliphatic heterocycles. The molecule has 0 spiro atoms. The smallest absolute Gasteiger partial charge is 0.317 e. The van der Waals surface area contributed by atoms with E-state index in [1.807, 2.05) is 20.8 Å². The number of fused-ring (bicyclic) bond motifs is 1. The van der Waals surface area contributed by atoms with Crippen LogP contribution < -0.4 is 5.32 Å². The molecule has 2 N–H and O–H groups in total. The second-order valence-electron chi connectivity index (χ2n) is 6.29. The first-order chi connectivity index (χ1) is 12.3. The molecule has 1 atom stereocenters. The molecular formula is C18H22FN5OS. The van der Waals surface area contributed by atoms with E-state index >= 15 is 0 Å². The average molecular weight is 375 g/mol. The molecule has 2 aromatic heterocycles. The molecule has 26 heavy (non-hydrogen) atoms. The molecule has 0 saturated heterocycles. The number of H-pyrrole nitrogens is 1. The Bertz CT molecular complexity index is 935. The summed E-state index contributed by atoms with van der Waals surface area (Å²) in [5.41, 5.74) is 2.31. The van der Waals surface area contributed by atoms with Crippen molar-refractivity contribution >= 4 is 28.4 Å². The standard InChI is InChI=1S/C18H22FN5OS/c1-10(17-11(2)26-12(3)21-17)24(4)18(25)20-8-7-16-22-14-6-5-13(19)9-15(14)23-16/h5-6,9-10H,7-8H2,1-4H3,(H,20,25)(H,22,23)/t10-/m1/s1. The lowest BCUT2D eigenvalue weighted by Crippen LogP contribution is -2.39. The Kier molecular flexibility index (Phi) is 5.22. The molecule has 0 aliphatic carbocycles. The molecule has 3 rings (SSSR count). The Hall–Kier alpha value is -2.48. The lowest BCUT2D eigenvalue weighted by atomic mass is 10.2.